The van der Waals surface area contributed by atoms with Crippen LogP contribution in [0.25, 0.3) is 0 Å². The highest BCUT2D eigenvalue weighted by Crippen LogP contribution is 2.28. The standard InChI is InChI=1S/C28H38N2O5Si/c1-6-7-9-14-27(36(3,4)5)34-21-35-30-20-29-18-25(30)28(31)24-16-15-23(32-2)17-26(24)33-19-22-12-10-8-11-13-22/h8,10-13,15-18,20,27H,6-7,9,14,19,21H2,1-5H3. The predicted octanol–water partition coefficient (Wildman–Crippen LogP) is 5.93. The van der Waals surface area contributed by atoms with Crippen molar-refractivity contribution < 1.29 is 23.8 Å². The molecule has 1 atom stereocenters. The van der Waals surface area contributed by atoms with Crippen LogP contribution in [0, 0.1) is 0 Å². The van der Waals surface area contributed by atoms with E-state index in [0.717, 1.165) is 18.4 Å². The number of ether oxygens (including phenoxy) is 3. The summed E-state index contributed by atoms with van der Waals surface area (Å²) in [5.41, 5.74) is 1.88. The van der Waals surface area contributed by atoms with Crippen LogP contribution in [-0.4, -0.2) is 43.2 Å². The molecule has 0 amide bonds. The normalized spacial score (nSPS) is 12.2. The zero-order valence-corrected chi connectivity index (χ0v) is 23.0. The van der Waals surface area contributed by atoms with Gasteiger partial charge in [0.15, 0.2) is 0 Å². The van der Waals surface area contributed by atoms with Gasteiger partial charge in [0.25, 0.3) is 0 Å². The average Bonchev–Trinajstić information content (AvgIpc) is 3.34. The van der Waals surface area contributed by atoms with Crippen molar-refractivity contribution in [2.45, 2.75) is 64.6 Å². The van der Waals surface area contributed by atoms with Gasteiger partial charge >= 0.3 is 0 Å². The number of imidazole rings is 1. The second-order valence-corrected chi connectivity index (χ2v) is 15.2. The largest absolute Gasteiger partial charge is 0.497 e. The van der Waals surface area contributed by atoms with Crippen LogP contribution in [-0.2, 0) is 11.3 Å². The van der Waals surface area contributed by atoms with E-state index in [1.54, 1.807) is 25.3 Å². The van der Waals surface area contributed by atoms with Crippen molar-refractivity contribution in [1.29, 1.82) is 0 Å². The van der Waals surface area contributed by atoms with Gasteiger partial charge in [-0.3, -0.25) is 4.79 Å². The van der Waals surface area contributed by atoms with Crippen LogP contribution >= 0.6 is 0 Å². The highest BCUT2D eigenvalue weighted by molar-refractivity contribution is 6.77. The van der Waals surface area contributed by atoms with Gasteiger partial charge in [0.05, 0.1) is 32.7 Å². The van der Waals surface area contributed by atoms with Crippen LogP contribution in [0.15, 0.2) is 61.1 Å². The average molecular weight is 511 g/mol. The van der Waals surface area contributed by atoms with Crippen LogP contribution < -0.4 is 14.3 Å². The Morgan fingerprint density at radius 1 is 1.08 bits per heavy atom. The number of hydrogen-bond acceptors (Lipinski definition) is 6. The molecule has 3 aromatic rings. The molecule has 3 rings (SSSR count). The molecule has 1 aromatic heterocycles. The number of ketones is 1. The number of aromatic nitrogens is 2. The Hall–Kier alpha value is -3.10. The van der Waals surface area contributed by atoms with Gasteiger partial charge in [-0.2, -0.15) is 4.73 Å². The number of carbonyl (C=O) groups excluding carboxylic acids is 1. The minimum Gasteiger partial charge on any atom is -0.497 e. The van der Waals surface area contributed by atoms with Gasteiger partial charge in [-0.1, -0.05) is 76.2 Å². The van der Waals surface area contributed by atoms with E-state index in [9.17, 15) is 4.79 Å². The number of methoxy groups -OCH3 is 1. The third-order valence-electron chi connectivity index (χ3n) is 6.01. The Labute approximate surface area is 215 Å². The second-order valence-electron chi connectivity index (χ2n) is 9.83. The third-order valence-corrected chi connectivity index (χ3v) is 8.39. The monoisotopic (exact) mass is 510 g/mol. The number of unbranched alkanes of at least 4 members (excludes halogenated alkanes) is 2. The summed E-state index contributed by atoms with van der Waals surface area (Å²) in [6.07, 6.45) is 7.51. The molecule has 0 aliphatic rings. The summed E-state index contributed by atoms with van der Waals surface area (Å²) in [6.45, 7) is 9.49. The minimum absolute atomic E-state index is 0.0533. The van der Waals surface area contributed by atoms with Crippen molar-refractivity contribution in [3.63, 3.8) is 0 Å². The van der Waals surface area contributed by atoms with E-state index in [4.69, 9.17) is 19.0 Å². The molecular formula is C28H38N2O5Si. The fourth-order valence-corrected chi connectivity index (χ4v) is 5.51. The Kier molecular flexibility index (Phi) is 10.1. The summed E-state index contributed by atoms with van der Waals surface area (Å²) in [5, 5.41) is 0. The summed E-state index contributed by atoms with van der Waals surface area (Å²) in [7, 11) is 0.0571. The molecule has 194 valence electrons. The summed E-state index contributed by atoms with van der Waals surface area (Å²) in [5.74, 6) is 0.776. The lowest BCUT2D eigenvalue weighted by molar-refractivity contribution is -0.0770. The molecule has 1 unspecified atom stereocenters. The van der Waals surface area contributed by atoms with Gasteiger partial charge in [0.1, 0.15) is 30.1 Å². The first-order valence-electron chi connectivity index (χ1n) is 12.5. The van der Waals surface area contributed by atoms with Crippen LogP contribution in [0.3, 0.4) is 0 Å². The van der Waals surface area contributed by atoms with Crippen molar-refractivity contribution in [3.05, 3.63) is 77.9 Å². The number of hydrogen-bond donors (Lipinski definition) is 0. The van der Waals surface area contributed by atoms with Crippen molar-refractivity contribution in [1.82, 2.24) is 9.71 Å². The first-order valence-corrected chi connectivity index (χ1v) is 16.1. The topological polar surface area (TPSA) is 71.8 Å². The van der Waals surface area contributed by atoms with Gasteiger partial charge < -0.3 is 19.0 Å². The number of carbonyl (C=O) groups is 1. The summed E-state index contributed by atoms with van der Waals surface area (Å²) >= 11 is 0. The molecule has 0 spiro atoms. The van der Waals surface area contributed by atoms with Gasteiger partial charge in [-0.15, -0.1) is 0 Å². The minimum atomic E-state index is -1.52. The third kappa shape index (κ3) is 7.70. The number of rotatable bonds is 15. The van der Waals surface area contributed by atoms with Gasteiger partial charge in [-0.05, 0) is 24.1 Å². The Morgan fingerprint density at radius 3 is 2.56 bits per heavy atom. The fourth-order valence-electron chi connectivity index (χ4n) is 3.87. The first-order chi connectivity index (χ1) is 17.3. The smallest absolute Gasteiger partial charge is 0.218 e. The van der Waals surface area contributed by atoms with Crippen molar-refractivity contribution in [2.24, 2.45) is 0 Å². The van der Waals surface area contributed by atoms with Gasteiger partial charge in [0.2, 0.25) is 12.6 Å². The van der Waals surface area contributed by atoms with E-state index in [-0.39, 0.29) is 18.3 Å². The Morgan fingerprint density at radius 2 is 1.86 bits per heavy atom. The lowest BCUT2D eigenvalue weighted by atomic mass is 10.1. The molecule has 0 aliphatic heterocycles. The summed E-state index contributed by atoms with van der Waals surface area (Å²) in [4.78, 5) is 23.5. The highest BCUT2D eigenvalue weighted by atomic mass is 28.3. The molecule has 0 saturated heterocycles. The zero-order valence-electron chi connectivity index (χ0n) is 22.0. The maximum absolute atomic E-state index is 13.5. The molecule has 8 heteroatoms. The second kappa shape index (κ2) is 13.3. The highest BCUT2D eigenvalue weighted by Gasteiger charge is 2.27. The van der Waals surface area contributed by atoms with E-state index in [0.29, 0.717) is 29.4 Å². The molecule has 0 bridgehead atoms. The van der Waals surface area contributed by atoms with Crippen LogP contribution in [0.1, 0.15) is 54.2 Å². The molecule has 0 N–H and O–H groups in total. The molecule has 0 radical (unpaired) electrons. The fraction of sp³-hybridized carbons (Fsp3) is 0.429. The van der Waals surface area contributed by atoms with E-state index < -0.39 is 8.07 Å². The maximum atomic E-state index is 13.5. The zero-order chi connectivity index (χ0) is 26.0. The lowest BCUT2D eigenvalue weighted by Gasteiger charge is -2.29. The molecular weight excluding hydrogens is 472 g/mol. The molecule has 7 nitrogen and oxygen atoms in total. The Balaban J connectivity index is 1.71. The van der Waals surface area contributed by atoms with E-state index in [1.165, 1.54) is 30.1 Å². The number of nitrogens with zero attached hydrogens (tertiary/aromatic N) is 2. The molecule has 2 aromatic carbocycles. The number of benzene rings is 2. The molecule has 36 heavy (non-hydrogen) atoms. The molecule has 0 fully saturated rings. The van der Waals surface area contributed by atoms with Crippen molar-refractivity contribution in [3.8, 4) is 11.5 Å². The predicted molar refractivity (Wildman–Crippen MR) is 143 cm³/mol. The molecule has 1 heterocycles. The van der Waals surface area contributed by atoms with Crippen LogP contribution in [0.5, 0.6) is 11.5 Å². The van der Waals surface area contributed by atoms with Gasteiger partial charge in [0, 0.05) is 6.07 Å². The first kappa shape index (κ1) is 27.5. The molecule has 0 saturated carbocycles. The summed E-state index contributed by atoms with van der Waals surface area (Å²) < 4.78 is 18.9. The lowest BCUT2D eigenvalue weighted by Crippen LogP contribution is -2.41. The maximum Gasteiger partial charge on any atom is 0.218 e. The quantitative estimate of drug-likeness (QED) is 0.109. The van der Waals surface area contributed by atoms with Crippen molar-refractivity contribution >= 4 is 13.9 Å². The van der Waals surface area contributed by atoms with Crippen molar-refractivity contribution in [2.75, 3.05) is 13.9 Å². The Bertz CT molecular complexity index is 1090. The van der Waals surface area contributed by atoms with Gasteiger partial charge in [-0.25, -0.2) is 4.98 Å². The van der Waals surface area contributed by atoms with E-state index in [2.05, 4.69) is 31.5 Å². The summed E-state index contributed by atoms with van der Waals surface area (Å²) in [6, 6.07) is 14.9. The van der Waals surface area contributed by atoms with E-state index >= 15 is 0 Å². The van der Waals surface area contributed by atoms with Crippen LogP contribution in [0.4, 0.5) is 0 Å². The van der Waals surface area contributed by atoms with Crippen LogP contribution in [0.2, 0.25) is 19.6 Å². The SMILES string of the molecule is CCCCCC(OCOn1cncc1C(=O)c1ccc(OC)cc1OCc1ccccc1)[Si](C)(C)C. The molecule has 0 aliphatic carbocycles. The van der Waals surface area contributed by atoms with E-state index in [1.807, 2.05) is 30.3 Å².